The van der Waals surface area contributed by atoms with Crippen LogP contribution >= 0.6 is 11.6 Å². The molecule has 0 aliphatic carbocycles. The number of nitrogens with two attached hydrogens (primary N) is 1. The molecule has 0 atom stereocenters. The Morgan fingerprint density at radius 3 is 2.86 bits per heavy atom. The highest BCUT2D eigenvalue weighted by Gasteiger charge is 2.21. The summed E-state index contributed by atoms with van der Waals surface area (Å²) in [6.07, 6.45) is 2.22. The van der Waals surface area contributed by atoms with Crippen molar-refractivity contribution in [2.75, 3.05) is 24.5 Å². The Hall–Kier alpha value is -1.59. The highest BCUT2D eigenvalue weighted by atomic mass is 35.5. The second-order valence-electron chi connectivity index (χ2n) is 5.56. The molecule has 3 rings (SSSR count). The average Bonchev–Trinajstić information content (AvgIpc) is 3.00. The zero-order valence-corrected chi connectivity index (χ0v) is 12.9. The Morgan fingerprint density at radius 2 is 2.14 bits per heavy atom. The molecule has 1 aromatic heterocycles. The summed E-state index contributed by atoms with van der Waals surface area (Å²) in [6, 6.07) is 5.82. The van der Waals surface area contributed by atoms with Crippen LogP contribution in [0.4, 0.5) is 5.95 Å². The highest BCUT2D eigenvalue weighted by Crippen LogP contribution is 2.27. The fourth-order valence-corrected chi connectivity index (χ4v) is 2.92. The fraction of sp³-hybridized carbons (Fsp3) is 0.467. The number of benzene rings is 1. The molecule has 112 valence electrons. The lowest BCUT2D eigenvalue weighted by molar-refractivity contribution is 0.411. The molecular formula is C15H20ClN5. The maximum Gasteiger partial charge on any atom is 0.245 e. The van der Waals surface area contributed by atoms with Crippen molar-refractivity contribution in [1.82, 2.24) is 15.2 Å². The Kier molecular flexibility index (Phi) is 4.12. The minimum absolute atomic E-state index is 0.634. The first kappa shape index (κ1) is 14.4. The van der Waals surface area contributed by atoms with Crippen molar-refractivity contribution >= 4 is 17.5 Å². The number of aromatic amines is 1. The van der Waals surface area contributed by atoms with E-state index >= 15 is 0 Å². The number of nitrogens with zero attached hydrogens (tertiary/aromatic N) is 3. The van der Waals surface area contributed by atoms with Crippen LogP contribution in [0.3, 0.4) is 0 Å². The van der Waals surface area contributed by atoms with Gasteiger partial charge in [0.05, 0.1) is 0 Å². The highest BCUT2D eigenvalue weighted by molar-refractivity contribution is 6.31. The quantitative estimate of drug-likeness (QED) is 0.914. The Morgan fingerprint density at radius 1 is 1.38 bits per heavy atom. The van der Waals surface area contributed by atoms with Gasteiger partial charge in [-0.05, 0) is 43.9 Å². The standard InChI is InChI=1S/C15H20ClN5/c1-10-12(3-2-4-13(10)16)14-18-15(20-19-14)21-7-5-11(9-17)6-8-21/h2-4,11H,5-9,17H2,1H3,(H,18,19,20). The topological polar surface area (TPSA) is 70.8 Å². The predicted octanol–water partition coefficient (Wildman–Crippen LogP) is 2.61. The SMILES string of the molecule is Cc1c(Cl)cccc1-c1nc(N2CCC(CN)CC2)n[nH]1. The average molecular weight is 306 g/mol. The maximum atomic E-state index is 6.17. The lowest BCUT2D eigenvalue weighted by atomic mass is 9.97. The van der Waals surface area contributed by atoms with E-state index in [2.05, 4.69) is 20.1 Å². The van der Waals surface area contributed by atoms with E-state index in [1.54, 1.807) is 0 Å². The molecule has 1 aliphatic heterocycles. The van der Waals surface area contributed by atoms with Gasteiger partial charge in [-0.25, -0.2) is 0 Å². The summed E-state index contributed by atoms with van der Waals surface area (Å²) >= 11 is 6.17. The van der Waals surface area contributed by atoms with Crippen LogP contribution in [0.15, 0.2) is 18.2 Å². The fourth-order valence-electron chi connectivity index (χ4n) is 2.75. The molecule has 1 aliphatic rings. The summed E-state index contributed by atoms with van der Waals surface area (Å²) < 4.78 is 0. The Labute approximate surface area is 129 Å². The molecule has 0 saturated carbocycles. The number of H-pyrrole nitrogens is 1. The molecule has 2 aromatic rings. The van der Waals surface area contributed by atoms with E-state index in [-0.39, 0.29) is 0 Å². The number of nitrogens with one attached hydrogen (secondary N) is 1. The smallest absolute Gasteiger partial charge is 0.245 e. The molecule has 6 heteroatoms. The van der Waals surface area contributed by atoms with E-state index in [9.17, 15) is 0 Å². The third-order valence-electron chi connectivity index (χ3n) is 4.23. The second kappa shape index (κ2) is 6.03. The van der Waals surface area contributed by atoms with Gasteiger partial charge in [0.15, 0.2) is 5.82 Å². The number of rotatable bonds is 3. The van der Waals surface area contributed by atoms with Crippen molar-refractivity contribution < 1.29 is 0 Å². The summed E-state index contributed by atoms with van der Waals surface area (Å²) in [5, 5.41) is 8.12. The normalized spacial score (nSPS) is 16.4. The molecule has 2 heterocycles. The van der Waals surface area contributed by atoms with E-state index in [0.717, 1.165) is 60.4 Å². The van der Waals surface area contributed by atoms with Crippen LogP contribution in [0.2, 0.25) is 5.02 Å². The van der Waals surface area contributed by atoms with Crippen LogP contribution in [-0.2, 0) is 0 Å². The molecule has 5 nitrogen and oxygen atoms in total. The summed E-state index contributed by atoms with van der Waals surface area (Å²) in [5.74, 6) is 2.17. The summed E-state index contributed by atoms with van der Waals surface area (Å²) in [6.45, 7) is 4.70. The van der Waals surface area contributed by atoms with Crippen molar-refractivity contribution in [1.29, 1.82) is 0 Å². The maximum absolute atomic E-state index is 6.17. The van der Waals surface area contributed by atoms with Crippen LogP contribution in [0.1, 0.15) is 18.4 Å². The van der Waals surface area contributed by atoms with Gasteiger partial charge in [-0.15, -0.1) is 5.10 Å². The van der Waals surface area contributed by atoms with Gasteiger partial charge in [-0.1, -0.05) is 23.7 Å². The summed E-state index contributed by atoms with van der Waals surface area (Å²) in [4.78, 5) is 6.84. The van der Waals surface area contributed by atoms with Crippen molar-refractivity contribution in [2.24, 2.45) is 11.7 Å². The summed E-state index contributed by atoms with van der Waals surface area (Å²) in [7, 11) is 0. The number of halogens is 1. The molecule has 21 heavy (non-hydrogen) atoms. The van der Waals surface area contributed by atoms with E-state index in [0.29, 0.717) is 5.92 Å². The first-order valence-electron chi connectivity index (χ1n) is 7.32. The number of piperidine rings is 1. The first-order valence-corrected chi connectivity index (χ1v) is 7.69. The van der Waals surface area contributed by atoms with E-state index in [1.165, 1.54) is 0 Å². The van der Waals surface area contributed by atoms with Gasteiger partial charge in [0.25, 0.3) is 0 Å². The van der Waals surface area contributed by atoms with Crippen LogP contribution in [0.25, 0.3) is 11.4 Å². The van der Waals surface area contributed by atoms with Crippen molar-refractivity contribution in [3.63, 3.8) is 0 Å². The number of hydrogen-bond donors (Lipinski definition) is 2. The molecule has 1 saturated heterocycles. The van der Waals surface area contributed by atoms with Crippen molar-refractivity contribution in [2.45, 2.75) is 19.8 Å². The molecule has 0 spiro atoms. The summed E-state index contributed by atoms with van der Waals surface area (Å²) in [5.41, 5.74) is 7.75. The molecule has 0 unspecified atom stereocenters. The molecule has 0 bridgehead atoms. The zero-order chi connectivity index (χ0) is 14.8. The predicted molar refractivity (Wildman–Crippen MR) is 85.6 cm³/mol. The molecule has 3 N–H and O–H groups in total. The second-order valence-corrected chi connectivity index (χ2v) is 5.97. The lowest BCUT2D eigenvalue weighted by Gasteiger charge is -2.30. The van der Waals surface area contributed by atoms with E-state index in [4.69, 9.17) is 17.3 Å². The van der Waals surface area contributed by atoms with Gasteiger partial charge in [-0.2, -0.15) is 4.98 Å². The minimum atomic E-state index is 0.634. The van der Waals surface area contributed by atoms with Gasteiger partial charge in [0, 0.05) is 23.7 Å². The molecule has 0 amide bonds. The third-order valence-corrected chi connectivity index (χ3v) is 4.64. The van der Waals surface area contributed by atoms with Crippen LogP contribution in [0, 0.1) is 12.8 Å². The van der Waals surface area contributed by atoms with Gasteiger partial charge >= 0.3 is 0 Å². The van der Waals surface area contributed by atoms with Gasteiger partial charge in [0.2, 0.25) is 5.95 Å². The lowest BCUT2D eigenvalue weighted by Crippen LogP contribution is -2.36. The minimum Gasteiger partial charge on any atom is -0.340 e. The van der Waals surface area contributed by atoms with Crippen LogP contribution < -0.4 is 10.6 Å². The monoisotopic (exact) mass is 305 g/mol. The zero-order valence-electron chi connectivity index (χ0n) is 12.1. The molecule has 1 aromatic carbocycles. The number of aromatic nitrogens is 3. The third kappa shape index (κ3) is 2.89. The number of hydrogen-bond acceptors (Lipinski definition) is 4. The molecule has 1 fully saturated rings. The molecular weight excluding hydrogens is 286 g/mol. The number of anilines is 1. The first-order chi connectivity index (χ1) is 10.2. The van der Waals surface area contributed by atoms with Crippen LogP contribution in [0.5, 0.6) is 0 Å². The van der Waals surface area contributed by atoms with E-state index < -0.39 is 0 Å². The van der Waals surface area contributed by atoms with Crippen LogP contribution in [-0.4, -0.2) is 34.8 Å². The van der Waals surface area contributed by atoms with E-state index in [1.807, 2.05) is 25.1 Å². The largest absolute Gasteiger partial charge is 0.340 e. The van der Waals surface area contributed by atoms with Gasteiger partial charge < -0.3 is 10.6 Å². The van der Waals surface area contributed by atoms with Gasteiger partial charge in [0.1, 0.15) is 0 Å². The van der Waals surface area contributed by atoms with Gasteiger partial charge in [-0.3, -0.25) is 5.10 Å². The Bertz CT molecular complexity index is 616. The van der Waals surface area contributed by atoms with Crippen molar-refractivity contribution in [3.05, 3.63) is 28.8 Å². The molecule has 0 radical (unpaired) electrons. The Balaban J connectivity index is 1.79. The van der Waals surface area contributed by atoms with Crippen molar-refractivity contribution in [3.8, 4) is 11.4 Å².